The first-order valence-electron chi connectivity index (χ1n) is 10.0. The van der Waals surface area contributed by atoms with Gasteiger partial charge in [0.25, 0.3) is 0 Å². The Morgan fingerprint density at radius 3 is 2.76 bits per heavy atom. The number of aliphatic hydroxyl groups is 2. The zero-order valence-electron chi connectivity index (χ0n) is 15.7. The number of aliphatic hydroxyl groups excluding tert-OH is 2. The molecule has 0 amide bonds. The Morgan fingerprint density at radius 1 is 1.28 bits per heavy atom. The predicted octanol–water partition coefficient (Wildman–Crippen LogP) is 3.51. The monoisotopic (exact) mass is 344 g/mol. The quantitative estimate of drug-likeness (QED) is 0.806. The van der Waals surface area contributed by atoms with E-state index in [0.717, 1.165) is 19.3 Å². The Kier molecular flexibility index (Phi) is 4.05. The Morgan fingerprint density at radius 2 is 2.04 bits per heavy atom. The van der Waals surface area contributed by atoms with Gasteiger partial charge in [-0.1, -0.05) is 32.4 Å². The van der Waals surface area contributed by atoms with Gasteiger partial charge in [0.15, 0.2) is 5.78 Å². The van der Waals surface area contributed by atoms with E-state index in [-0.39, 0.29) is 35.2 Å². The fourth-order valence-corrected chi connectivity index (χ4v) is 7.43. The minimum Gasteiger partial charge on any atom is -0.396 e. The predicted molar refractivity (Wildman–Crippen MR) is 97.7 cm³/mol. The van der Waals surface area contributed by atoms with Crippen LogP contribution in [0, 0.1) is 40.4 Å². The van der Waals surface area contributed by atoms with Gasteiger partial charge in [0, 0.05) is 17.9 Å². The van der Waals surface area contributed by atoms with E-state index in [4.69, 9.17) is 0 Å². The Bertz CT molecular complexity index is 635. The molecule has 0 heterocycles. The van der Waals surface area contributed by atoms with E-state index in [1.54, 1.807) is 6.08 Å². The second kappa shape index (κ2) is 5.79. The molecule has 0 bridgehead atoms. The van der Waals surface area contributed by atoms with Crippen molar-refractivity contribution in [3.8, 4) is 0 Å². The van der Waals surface area contributed by atoms with Crippen molar-refractivity contribution >= 4 is 5.78 Å². The molecule has 0 aromatic rings. The van der Waals surface area contributed by atoms with Crippen LogP contribution in [0.3, 0.4) is 0 Å². The summed E-state index contributed by atoms with van der Waals surface area (Å²) in [6.45, 7) is 7.00. The molecule has 3 fully saturated rings. The maximum atomic E-state index is 11.8. The third-order valence-corrected chi connectivity index (χ3v) is 8.54. The summed E-state index contributed by atoms with van der Waals surface area (Å²) >= 11 is 0. The average Bonchev–Trinajstić information content (AvgIpc) is 2.91. The fourth-order valence-electron chi connectivity index (χ4n) is 7.43. The highest BCUT2D eigenvalue weighted by Gasteiger charge is 2.61. The lowest BCUT2D eigenvalue weighted by molar-refractivity contribution is -0.123. The van der Waals surface area contributed by atoms with Crippen molar-refractivity contribution in [2.45, 2.75) is 59.0 Å². The average molecular weight is 344 g/mol. The Labute approximate surface area is 151 Å². The summed E-state index contributed by atoms with van der Waals surface area (Å²) in [6, 6.07) is 0. The molecule has 3 nitrogen and oxygen atoms in total. The molecule has 4 aliphatic rings. The maximum Gasteiger partial charge on any atom is 0.178 e. The van der Waals surface area contributed by atoms with Gasteiger partial charge >= 0.3 is 0 Å². The molecular formula is C22H32O3. The number of hydrogen-bond donors (Lipinski definition) is 2. The lowest BCUT2D eigenvalue weighted by Gasteiger charge is -2.59. The van der Waals surface area contributed by atoms with Crippen LogP contribution in [0.5, 0.6) is 0 Å². The van der Waals surface area contributed by atoms with Crippen LogP contribution < -0.4 is 0 Å². The minimum atomic E-state index is -0.329. The zero-order chi connectivity index (χ0) is 18.0. The maximum absolute atomic E-state index is 11.8. The summed E-state index contributed by atoms with van der Waals surface area (Å²) in [7, 11) is 0. The van der Waals surface area contributed by atoms with E-state index in [9.17, 15) is 15.0 Å². The molecule has 2 N–H and O–H groups in total. The molecule has 4 rings (SSSR count). The van der Waals surface area contributed by atoms with E-state index < -0.39 is 0 Å². The van der Waals surface area contributed by atoms with Gasteiger partial charge in [-0.15, -0.1) is 0 Å². The smallest absolute Gasteiger partial charge is 0.178 e. The first-order valence-corrected chi connectivity index (χ1v) is 10.0. The van der Waals surface area contributed by atoms with E-state index in [1.807, 2.05) is 6.08 Å². The summed E-state index contributed by atoms with van der Waals surface area (Å²) in [5.41, 5.74) is 1.19. The van der Waals surface area contributed by atoms with Crippen LogP contribution in [0.15, 0.2) is 23.8 Å². The van der Waals surface area contributed by atoms with Crippen LogP contribution >= 0.6 is 0 Å². The number of hydrogen-bond acceptors (Lipinski definition) is 3. The van der Waals surface area contributed by atoms with E-state index in [1.165, 1.54) is 18.4 Å². The number of rotatable bonds is 2. The van der Waals surface area contributed by atoms with Gasteiger partial charge in [-0.2, -0.15) is 0 Å². The van der Waals surface area contributed by atoms with Gasteiger partial charge in [-0.25, -0.2) is 0 Å². The molecule has 0 saturated heterocycles. The molecule has 3 heteroatoms. The number of carbonyl (C=O) groups excluding carboxylic acids is 1. The van der Waals surface area contributed by atoms with Gasteiger partial charge in [0.2, 0.25) is 0 Å². The van der Waals surface area contributed by atoms with Gasteiger partial charge in [0.05, 0.1) is 6.10 Å². The van der Waals surface area contributed by atoms with Crippen LogP contribution in [-0.4, -0.2) is 28.7 Å². The van der Waals surface area contributed by atoms with Crippen molar-refractivity contribution in [2.24, 2.45) is 40.4 Å². The van der Waals surface area contributed by atoms with E-state index in [0.29, 0.717) is 23.7 Å². The SMILES string of the molecule is C[C@H](CO)[C@H]1CC[C@H]2[C@@H]3CCC4=CC(=O)C=C[C@]4(C)[C@H]3C(O)C[C@]12C. The molecule has 0 aromatic heterocycles. The fraction of sp³-hybridized carbons (Fsp3) is 0.773. The molecule has 4 aliphatic carbocycles. The van der Waals surface area contributed by atoms with Crippen LogP contribution in [0.2, 0.25) is 0 Å². The summed E-state index contributed by atoms with van der Waals surface area (Å²) < 4.78 is 0. The molecule has 0 spiro atoms. The van der Waals surface area contributed by atoms with Crippen LogP contribution in [0.4, 0.5) is 0 Å². The topological polar surface area (TPSA) is 57.5 Å². The van der Waals surface area contributed by atoms with Crippen molar-refractivity contribution in [1.29, 1.82) is 0 Å². The zero-order valence-corrected chi connectivity index (χ0v) is 15.7. The van der Waals surface area contributed by atoms with E-state index in [2.05, 4.69) is 26.8 Å². The molecule has 0 radical (unpaired) electrons. The second-order valence-corrected chi connectivity index (χ2v) is 9.64. The van der Waals surface area contributed by atoms with Crippen molar-refractivity contribution in [2.75, 3.05) is 6.61 Å². The van der Waals surface area contributed by atoms with Gasteiger partial charge in [0.1, 0.15) is 0 Å². The van der Waals surface area contributed by atoms with Crippen molar-refractivity contribution in [3.05, 3.63) is 23.8 Å². The summed E-state index contributed by atoms with van der Waals surface area (Å²) in [5.74, 6) is 2.28. The van der Waals surface area contributed by atoms with Gasteiger partial charge < -0.3 is 10.2 Å². The van der Waals surface area contributed by atoms with Gasteiger partial charge in [-0.3, -0.25) is 4.79 Å². The Hall–Kier alpha value is -0.930. The van der Waals surface area contributed by atoms with Crippen LogP contribution in [0.25, 0.3) is 0 Å². The number of fused-ring (bicyclic) bond motifs is 5. The number of allylic oxidation sites excluding steroid dienone is 4. The first-order chi connectivity index (χ1) is 11.8. The summed E-state index contributed by atoms with van der Waals surface area (Å²) in [5, 5.41) is 21.0. The lowest BCUT2D eigenvalue weighted by atomic mass is 9.46. The van der Waals surface area contributed by atoms with Gasteiger partial charge in [-0.05, 0) is 73.3 Å². The Balaban J connectivity index is 1.70. The van der Waals surface area contributed by atoms with Crippen LogP contribution in [0.1, 0.15) is 52.9 Å². The minimum absolute atomic E-state index is 0.0961. The molecule has 0 aliphatic heterocycles. The highest BCUT2D eigenvalue weighted by molar-refractivity contribution is 6.01. The first kappa shape index (κ1) is 17.5. The third kappa shape index (κ3) is 2.35. The van der Waals surface area contributed by atoms with Crippen molar-refractivity contribution in [3.63, 3.8) is 0 Å². The normalized spacial score (nSPS) is 49.9. The summed E-state index contributed by atoms with van der Waals surface area (Å²) in [6.07, 6.45) is 10.6. The highest BCUT2D eigenvalue weighted by atomic mass is 16.3. The molecule has 3 saturated carbocycles. The number of carbonyl (C=O) groups is 1. The highest BCUT2D eigenvalue weighted by Crippen LogP contribution is 2.66. The summed E-state index contributed by atoms with van der Waals surface area (Å²) in [4.78, 5) is 11.8. The second-order valence-electron chi connectivity index (χ2n) is 9.64. The number of ketones is 1. The largest absolute Gasteiger partial charge is 0.396 e. The third-order valence-electron chi connectivity index (χ3n) is 8.54. The molecule has 0 aromatic carbocycles. The standard InChI is InChI=1S/C22H32O3/c1-13(12-23)17-6-7-18-16-5-4-14-10-15(24)8-9-21(14,2)20(16)19(25)11-22(17,18)3/h8-10,13,16-20,23,25H,4-7,11-12H2,1-3H3/t13-,16+,17-,18+,19?,20-,21+,22-/m1/s1. The molecule has 1 unspecified atom stereocenters. The molecular weight excluding hydrogens is 312 g/mol. The van der Waals surface area contributed by atoms with Crippen molar-refractivity contribution < 1.29 is 15.0 Å². The van der Waals surface area contributed by atoms with Crippen LogP contribution in [-0.2, 0) is 4.79 Å². The van der Waals surface area contributed by atoms with Crippen molar-refractivity contribution in [1.82, 2.24) is 0 Å². The molecule has 25 heavy (non-hydrogen) atoms. The lowest BCUT2D eigenvalue weighted by Crippen LogP contribution is -2.56. The van der Waals surface area contributed by atoms with E-state index >= 15 is 0 Å². The molecule has 8 atom stereocenters. The molecule has 138 valence electrons.